The zero-order valence-corrected chi connectivity index (χ0v) is 16.1. The molecule has 2 aromatic carbocycles. The molecule has 0 heterocycles. The number of nitrogens with one attached hydrogen (secondary N) is 2. The second-order valence-electron chi connectivity index (χ2n) is 7.33. The van der Waals surface area contributed by atoms with E-state index < -0.39 is 17.6 Å². The van der Waals surface area contributed by atoms with Crippen LogP contribution in [0.25, 0.3) is 0 Å². The molecule has 2 rings (SSSR count). The van der Waals surface area contributed by atoms with Gasteiger partial charge in [0.25, 0.3) is 5.91 Å². The van der Waals surface area contributed by atoms with Crippen molar-refractivity contribution in [2.75, 3.05) is 0 Å². The summed E-state index contributed by atoms with van der Waals surface area (Å²) in [6.07, 6.45) is 0.347. The van der Waals surface area contributed by atoms with Crippen LogP contribution >= 0.6 is 0 Å². The molecule has 6 nitrogen and oxygen atoms in total. The Morgan fingerprint density at radius 1 is 0.964 bits per heavy atom. The van der Waals surface area contributed by atoms with Crippen molar-refractivity contribution in [3.63, 3.8) is 0 Å². The highest BCUT2D eigenvalue weighted by Crippen LogP contribution is 2.19. The van der Waals surface area contributed by atoms with Crippen molar-refractivity contribution >= 4 is 17.8 Å². The summed E-state index contributed by atoms with van der Waals surface area (Å²) < 4.78 is 0. The molecule has 28 heavy (non-hydrogen) atoms. The molecule has 0 bridgehead atoms. The average molecular weight is 382 g/mol. The summed E-state index contributed by atoms with van der Waals surface area (Å²) in [5.74, 6) is -1.41. The summed E-state index contributed by atoms with van der Waals surface area (Å²) in [5.41, 5.74) is 0.691. The van der Waals surface area contributed by atoms with Gasteiger partial charge in [0.05, 0.1) is 12.5 Å². The van der Waals surface area contributed by atoms with E-state index in [1.807, 2.05) is 36.4 Å². The topological polar surface area (TPSA) is 95.5 Å². The van der Waals surface area contributed by atoms with Crippen molar-refractivity contribution in [3.05, 3.63) is 71.8 Å². The molecular formula is C22H26N2O4. The highest BCUT2D eigenvalue weighted by molar-refractivity contribution is 5.94. The largest absolute Gasteiger partial charge is 0.481 e. The van der Waals surface area contributed by atoms with Gasteiger partial charge < -0.3 is 15.7 Å². The van der Waals surface area contributed by atoms with Crippen LogP contribution in [0.2, 0.25) is 0 Å². The first-order chi connectivity index (χ1) is 13.3. The molecule has 2 amide bonds. The maximum Gasteiger partial charge on any atom is 0.303 e. The quantitative estimate of drug-likeness (QED) is 0.620. The highest BCUT2D eigenvalue weighted by atomic mass is 16.4. The second-order valence-corrected chi connectivity index (χ2v) is 7.33. The van der Waals surface area contributed by atoms with E-state index >= 15 is 0 Å². The van der Waals surface area contributed by atoms with Crippen LogP contribution in [0.4, 0.5) is 0 Å². The fourth-order valence-corrected chi connectivity index (χ4v) is 2.86. The van der Waals surface area contributed by atoms with E-state index in [1.165, 1.54) is 0 Å². The summed E-state index contributed by atoms with van der Waals surface area (Å²) in [6.45, 7) is 3.57. The van der Waals surface area contributed by atoms with E-state index in [1.54, 1.807) is 38.1 Å². The Morgan fingerprint density at radius 3 is 2.11 bits per heavy atom. The molecule has 2 aromatic rings. The van der Waals surface area contributed by atoms with Gasteiger partial charge in [-0.25, -0.2) is 0 Å². The van der Waals surface area contributed by atoms with Crippen LogP contribution < -0.4 is 10.6 Å². The van der Waals surface area contributed by atoms with Gasteiger partial charge in [-0.2, -0.15) is 0 Å². The molecule has 148 valence electrons. The van der Waals surface area contributed by atoms with Crippen molar-refractivity contribution in [2.24, 2.45) is 0 Å². The third-order valence-corrected chi connectivity index (χ3v) is 4.37. The Morgan fingerprint density at radius 2 is 1.54 bits per heavy atom. The summed E-state index contributed by atoms with van der Waals surface area (Å²) in [7, 11) is 0. The maximum atomic E-state index is 12.6. The highest BCUT2D eigenvalue weighted by Gasteiger charge is 2.25. The Kier molecular flexibility index (Phi) is 7.32. The summed E-state index contributed by atoms with van der Waals surface area (Å²) in [6, 6.07) is 17.6. The molecule has 6 heteroatoms. The van der Waals surface area contributed by atoms with E-state index in [2.05, 4.69) is 10.6 Å². The number of carboxylic acids is 1. The minimum Gasteiger partial charge on any atom is -0.481 e. The zero-order valence-electron chi connectivity index (χ0n) is 16.1. The van der Waals surface area contributed by atoms with E-state index in [0.717, 1.165) is 5.56 Å². The third-order valence-electron chi connectivity index (χ3n) is 4.37. The van der Waals surface area contributed by atoms with E-state index in [4.69, 9.17) is 5.11 Å². The minimum atomic E-state index is -0.903. The van der Waals surface area contributed by atoms with Crippen molar-refractivity contribution < 1.29 is 19.5 Å². The zero-order chi connectivity index (χ0) is 20.6. The van der Waals surface area contributed by atoms with Crippen molar-refractivity contribution in [1.29, 1.82) is 0 Å². The fourth-order valence-electron chi connectivity index (χ4n) is 2.86. The van der Waals surface area contributed by atoms with Gasteiger partial charge >= 0.3 is 5.97 Å². The van der Waals surface area contributed by atoms with Crippen LogP contribution in [0.15, 0.2) is 60.7 Å². The number of carboxylic acid groups (broad SMARTS) is 1. The molecule has 0 aliphatic rings. The van der Waals surface area contributed by atoms with Gasteiger partial charge in [-0.1, -0.05) is 48.5 Å². The predicted octanol–water partition coefficient (Wildman–Crippen LogP) is 3.31. The molecule has 3 N–H and O–H groups in total. The van der Waals surface area contributed by atoms with Crippen LogP contribution in [-0.2, 0) is 9.59 Å². The second kappa shape index (κ2) is 9.69. The summed E-state index contributed by atoms with van der Waals surface area (Å²) >= 11 is 0. The first-order valence-electron chi connectivity index (χ1n) is 9.20. The SMILES string of the molecule is CC(C)(CCC(=O)O)NC(=O)CC(NC(=O)c1ccccc1)c1ccccc1. The monoisotopic (exact) mass is 382 g/mol. The Labute approximate surface area is 165 Å². The van der Waals surface area contributed by atoms with Crippen molar-refractivity contribution in [3.8, 4) is 0 Å². The minimum absolute atomic E-state index is 0.0276. The normalized spacial score (nSPS) is 12.1. The maximum absolute atomic E-state index is 12.6. The molecule has 0 aliphatic carbocycles. The molecule has 0 aromatic heterocycles. The fraction of sp³-hybridized carbons (Fsp3) is 0.318. The molecule has 0 aliphatic heterocycles. The lowest BCUT2D eigenvalue weighted by atomic mass is 9.97. The average Bonchev–Trinajstić information content (AvgIpc) is 2.67. The van der Waals surface area contributed by atoms with Gasteiger partial charge in [0, 0.05) is 17.5 Å². The molecule has 0 spiro atoms. The molecular weight excluding hydrogens is 356 g/mol. The van der Waals surface area contributed by atoms with Crippen LogP contribution in [0.5, 0.6) is 0 Å². The number of aliphatic carboxylic acids is 1. The van der Waals surface area contributed by atoms with E-state index in [9.17, 15) is 14.4 Å². The molecule has 0 saturated carbocycles. The molecule has 1 unspecified atom stereocenters. The van der Waals surface area contributed by atoms with Crippen molar-refractivity contribution in [2.45, 2.75) is 44.7 Å². The summed E-state index contributed by atoms with van der Waals surface area (Å²) in [4.78, 5) is 36.0. The third kappa shape index (κ3) is 6.87. The first kappa shape index (κ1) is 21.2. The van der Waals surface area contributed by atoms with Crippen LogP contribution in [0.1, 0.15) is 55.1 Å². The van der Waals surface area contributed by atoms with Crippen molar-refractivity contribution in [1.82, 2.24) is 10.6 Å². The van der Waals surface area contributed by atoms with Gasteiger partial charge in [-0.15, -0.1) is 0 Å². The number of hydrogen-bond acceptors (Lipinski definition) is 3. The van der Waals surface area contributed by atoms with E-state index in [0.29, 0.717) is 12.0 Å². The Hall–Kier alpha value is -3.15. The lowest BCUT2D eigenvalue weighted by Gasteiger charge is -2.27. The lowest BCUT2D eigenvalue weighted by Crippen LogP contribution is -2.45. The number of benzene rings is 2. The van der Waals surface area contributed by atoms with Gasteiger partial charge in [0.15, 0.2) is 0 Å². The summed E-state index contributed by atoms with van der Waals surface area (Å²) in [5, 5.41) is 14.6. The van der Waals surface area contributed by atoms with Gasteiger partial charge in [0.1, 0.15) is 0 Å². The molecule has 1 atom stereocenters. The molecule has 0 fully saturated rings. The lowest BCUT2D eigenvalue weighted by molar-refractivity contribution is -0.137. The molecule has 0 saturated heterocycles. The Bertz CT molecular complexity index is 804. The Balaban J connectivity index is 2.09. The molecule has 0 radical (unpaired) electrons. The van der Waals surface area contributed by atoms with Crippen LogP contribution in [-0.4, -0.2) is 28.4 Å². The number of rotatable bonds is 9. The van der Waals surface area contributed by atoms with Crippen LogP contribution in [0, 0.1) is 0 Å². The van der Waals surface area contributed by atoms with Gasteiger partial charge in [-0.3, -0.25) is 14.4 Å². The van der Waals surface area contributed by atoms with Gasteiger partial charge in [-0.05, 0) is 38.0 Å². The number of amides is 2. The number of hydrogen-bond donors (Lipinski definition) is 3. The standard InChI is InChI=1S/C22H26N2O4/c1-22(2,14-13-20(26)27)24-19(25)15-18(16-9-5-3-6-10-16)23-21(28)17-11-7-4-8-12-17/h3-12,18H,13-15H2,1-2H3,(H,23,28)(H,24,25)(H,26,27). The first-order valence-corrected chi connectivity index (χ1v) is 9.20. The van der Waals surface area contributed by atoms with E-state index in [-0.39, 0.29) is 24.7 Å². The van der Waals surface area contributed by atoms with Crippen LogP contribution in [0.3, 0.4) is 0 Å². The predicted molar refractivity (Wildman–Crippen MR) is 107 cm³/mol. The van der Waals surface area contributed by atoms with Gasteiger partial charge in [0.2, 0.25) is 5.91 Å². The number of carbonyl (C=O) groups is 3. The smallest absolute Gasteiger partial charge is 0.303 e. The number of carbonyl (C=O) groups excluding carboxylic acids is 2.